The largest absolute Gasteiger partial charge is 0.484 e. The molecule has 0 bridgehead atoms. The monoisotopic (exact) mass is 322 g/mol. The van der Waals surface area contributed by atoms with Crippen LogP contribution in [0.4, 0.5) is 5.69 Å². The van der Waals surface area contributed by atoms with Crippen molar-refractivity contribution < 1.29 is 9.53 Å². The van der Waals surface area contributed by atoms with Gasteiger partial charge in [-0.25, -0.2) is 0 Å². The molecule has 0 aromatic heterocycles. The first-order valence-electron chi connectivity index (χ1n) is 8.82. The average molecular weight is 322 g/mol. The summed E-state index contributed by atoms with van der Waals surface area (Å²) in [6.45, 7) is 4.57. The second kappa shape index (κ2) is 5.21. The highest BCUT2D eigenvalue weighted by atomic mass is 16.5. The van der Waals surface area contributed by atoms with Crippen LogP contribution in [0.1, 0.15) is 10.4 Å². The molecular formula is C20H22N2O2. The number of carbonyl (C=O) groups excluding carboxylic acids is 1. The number of ketones is 1. The number of fused-ring (bicyclic) bond motifs is 3. The number of hydrogen-bond acceptors (Lipinski definition) is 4. The molecule has 1 aromatic rings. The molecule has 4 aliphatic rings. The van der Waals surface area contributed by atoms with Gasteiger partial charge in [0.2, 0.25) is 0 Å². The van der Waals surface area contributed by atoms with Gasteiger partial charge in [0.25, 0.3) is 0 Å². The van der Waals surface area contributed by atoms with E-state index in [1.165, 1.54) is 13.1 Å². The highest BCUT2D eigenvalue weighted by Gasteiger charge is 2.40. The van der Waals surface area contributed by atoms with Crippen LogP contribution in [0.15, 0.2) is 42.5 Å². The van der Waals surface area contributed by atoms with Gasteiger partial charge in [-0.3, -0.25) is 4.79 Å². The summed E-state index contributed by atoms with van der Waals surface area (Å²) in [6, 6.07) is 6.13. The summed E-state index contributed by atoms with van der Waals surface area (Å²) >= 11 is 0. The number of rotatable bonds is 1. The molecule has 4 unspecified atom stereocenters. The number of likely N-dealkylation sites (tertiary alicyclic amines) is 1. The topological polar surface area (TPSA) is 32.8 Å². The Kier molecular flexibility index (Phi) is 3.10. The van der Waals surface area contributed by atoms with E-state index in [1.807, 2.05) is 36.4 Å². The van der Waals surface area contributed by atoms with Gasteiger partial charge in [0.1, 0.15) is 11.9 Å². The maximum Gasteiger partial charge on any atom is 0.177 e. The second-order valence-electron chi connectivity index (χ2n) is 7.57. The fourth-order valence-electron chi connectivity index (χ4n) is 4.71. The first-order chi connectivity index (χ1) is 11.7. The zero-order valence-electron chi connectivity index (χ0n) is 13.9. The molecule has 4 atom stereocenters. The molecule has 124 valence electrons. The van der Waals surface area contributed by atoms with Gasteiger partial charge in [0, 0.05) is 31.9 Å². The van der Waals surface area contributed by atoms with Gasteiger partial charge in [-0.15, -0.1) is 0 Å². The van der Waals surface area contributed by atoms with Gasteiger partial charge in [0.05, 0.1) is 11.5 Å². The molecule has 0 saturated carbocycles. The second-order valence-corrected chi connectivity index (χ2v) is 7.57. The van der Waals surface area contributed by atoms with Crippen molar-refractivity contribution in [1.29, 1.82) is 0 Å². The summed E-state index contributed by atoms with van der Waals surface area (Å²) in [5.41, 5.74) is 1.90. The molecule has 4 nitrogen and oxygen atoms in total. The van der Waals surface area contributed by atoms with Crippen LogP contribution >= 0.6 is 0 Å². The van der Waals surface area contributed by atoms with Gasteiger partial charge in [-0.2, -0.15) is 0 Å². The van der Waals surface area contributed by atoms with Crippen LogP contribution < -0.4 is 9.64 Å². The van der Waals surface area contributed by atoms with Crippen molar-refractivity contribution in [3.05, 3.63) is 48.1 Å². The zero-order chi connectivity index (χ0) is 16.3. The minimum atomic E-state index is -0.177. The minimum Gasteiger partial charge on any atom is -0.484 e. The van der Waals surface area contributed by atoms with E-state index in [4.69, 9.17) is 4.74 Å². The predicted octanol–water partition coefficient (Wildman–Crippen LogP) is 2.37. The average Bonchev–Trinajstić information content (AvgIpc) is 3.12. The lowest BCUT2D eigenvalue weighted by molar-refractivity contribution is 0.0807. The maximum absolute atomic E-state index is 12.9. The Morgan fingerprint density at radius 2 is 1.79 bits per heavy atom. The normalized spacial score (nSPS) is 34.0. The van der Waals surface area contributed by atoms with E-state index in [1.54, 1.807) is 0 Å². The van der Waals surface area contributed by atoms with Crippen molar-refractivity contribution in [2.24, 2.45) is 17.8 Å². The Labute approximate surface area is 142 Å². The van der Waals surface area contributed by atoms with Crippen molar-refractivity contribution in [1.82, 2.24) is 4.90 Å². The molecule has 5 rings (SSSR count). The third kappa shape index (κ3) is 2.13. The van der Waals surface area contributed by atoms with Crippen molar-refractivity contribution in [3.8, 4) is 5.75 Å². The number of benzene rings is 1. The zero-order valence-corrected chi connectivity index (χ0v) is 13.9. The smallest absolute Gasteiger partial charge is 0.177 e. The molecule has 3 heterocycles. The molecule has 2 saturated heterocycles. The molecule has 0 N–H and O–H groups in total. The van der Waals surface area contributed by atoms with Gasteiger partial charge < -0.3 is 14.5 Å². The van der Waals surface area contributed by atoms with E-state index in [0.29, 0.717) is 0 Å². The van der Waals surface area contributed by atoms with E-state index in [2.05, 4.69) is 22.9 Å². The highest BCUT2D eigenvalue weighted by molar-refractivity contribution is 6.03. The number of hydrogen-bond donors (Lipinski definition) is 0. The van der Waals surface area contributed by atoms with Gasteiger partial charge in [0.15, 0.2) is 5.78 Å². The first-order valence-corrected chi connectivity index (χ1v) is 8.82. The summed E-state index contributed by atoms with van der Waals surface area (Å²) in [5, 5.41) is 0. The number of anilines is 1. The van der Waals surface area contributed by atoms with Gasteiger partial charge in [-0.1, -0.05) is 18.2 Å². The quantitative estimate of drug-likeness (QED) is 0.795. The fourth-order valence-corrected chi connectivity index (χ4v) is 4.71. The lowest BCUT2D eigenvalue weighted by Crippen LogP contribution is -2.36. The Morgan fingerprint density at radius 3 is 2.58 bits per heavy atom. The lowest BCUT2D eigenvalue weighted by Gasteiger charge is -2.31. The number of ether oxygens (including phenoxy) is 1. The highest BCUT2D eigenvalue weighted by Crippen LogP contribution is 2.38. The van der Waals surface area contributed by atoms with Crippen LogP contribution in [-0.4, -0.2) is 50.0 Å². The summed E-state index contributed by atoms with van der Waals surface area (Å²) < 4.78 is 6.03. The van der Waals surface area contributed by atoms with Crippen LogP contribution in [0.2, 0.25) is 0 Å². The molecule has 0 spiro atoms. The summed E-state index contributed by atoms with van der Waals surface area (Å²) in [4.78, 5) is 17.7. The number of carbonyl (C=O) groups is 1. The fraction of sp³-hybridized carbons (Fsp3) is 0.450. The molecule has 0 radical (unpaired) electrons. The Bertz CT molecular complexity index is 740. The van der Waals surface area contributed by atoms with Crippen molar-refractivity contribution in [2.45, 2.75) is 6.10 Å². The Hall–Kier alpha value is -2.07. The maximum atomic E-state index is 12.9. The standard InChI is InChI=1S/C20H22N2O2/c1-21-9-13-11-22(12-14(13)10-21)15-6-7-19-17(8-15)20(23)16-4-2-3-5-18(16)24-19/h2-8,13-14,16,18H,9-12H2,1H3. The van der Waals surface area contributed by atoms with Crippen molar-refractivity contribution in [3.63, 3.8) is 0 Å². The molecule has 2 fully saturated rings. The van der Waals surface area contributed by atoms with E-state index >= 15 is 0 Å². The molecule has 0 amide bonds. The molecule has 3 aliphatic heterocycles. The van der Waals surface area contributed by atoms with E-state index in [0.717, 1.165) is 41.9 Å². The van der Waals surface area contributed by atoms with Crippen LogP contribution in [-0.2, 0) is 0 Å². The van der Waals surface area contributed by atoms with Crippen molar-refractivity contribution in [2.75, 3.05) is 38.1 Å². The molecular weight excluding hydrogens is 300 g/mol. The summed E-state index contributed by atoms with van der Waals surface area (Å²) in [6.07, 6.45) is 7.67. The number of allylic oxidation sites excluding steroid dienone is 2. The van der Waals surface area contributed by atoms with E-state index in [9.17, 15) is 4.79 Å². The Balaban J connectivity index is 1.43. The molecule has 1 aliphatic carbocycles. The minimum absolute atomic E-state index is 0.150. The molecule has 1 aromatic carbocycles. The first kappa shape index (κ1) is 14.3. The van der Waals surface area contributed by atoms with E-state index in [-0.39, 0.29) is 17.8 Å². The van der Waals surface area contributed by atoms with Crippen LogP contribution in [0.5, 0.6) is 5.75 Å². The lowest BCUT2D eigenvalue weighted by atomic mass is 9.86. The Morgan fingerprint density at radius 1 is 1.04 bits per heavy atom. The number of nitrogens with zero attached hydrogens (tertiary/aromatic N) is 2. The molecule has 24 heavy (non-hydrogen) atoms. The van der Waals surface area contributed by atoms with Crippen LogP contribution in [0.25, 0.3) is 0 Å². The van der Waals surface area contributed by atoms with Gasteiger partial charge >= 0.3 is 0 Å². The third-order valence-electron chi connectivity index (χ3n) is 5.91. The van der Waals surface area contributed by atoms with E-state index < -0.39 is 0 Å². The van der Waals surface area contributed by atoms with Crippen molar-refractivity contribution >= 4 is 11.5 Å². The summed E-state index contributed by atoms with van der Waals surface area (Å²) in [7, 11) is 2.21. The number of Topliss-reactive ketones (excluding diaryl/α,β-unsaturated/α-hetero) is 1. The third-order valence-corrected chi connectivity index (χ3v) is 5.91. The SMILES string of the molecule is CN1CC2CN(c3ccc4c(c3)C(=O)C3C=CC=CC3O4)CC2C1. The predicted molar refractivity (Wildman–Crippen MR) is 93.6 cm³/mol. The van der Waals surface area contributed by atoms with Crippen LogP contribution in [0, 0.1) is 17.8 Å². The molecule has 4 heteroatoms. The van der Waals surface area contributed by atoms with Gasteiger partial charge in [-0.05, 0) is 43.2 Å². The van der Waals surface area contributed by atoms with Crippen LogP contribution in [0.3, 0.4) is 0 Å². The summed E-state index contributed by atoms with van der Waals surface area (Å²) in [5.74, 6) is 2.25.